The number of fused-ring (bicyclic) bond motifs is 1. The van der Waals surface area contributed by atoms with Crippen molar-refractivity contribution in [3.8, 4) is 0 Å². The molecule has 3 nitrogen and oxygen atoms in total. The molecule has 29 heavy (non-hydrogen) atoms. The molecule has 0 spiro atoms. The van der Waals surface area contributed by atoms with Crippen LogP contribution in [0.15, 0.2) is 94.9 Å². The van der Waals surface area contributed by atoms with Crippen molar-refractivity contribution in [2.45, 2.75) is 29.8 Å². The molecule has 144 valence electrons. The minimum absolute atomic E-state index is 0.0798. The van der Waals surface area contributed by atoms with Gasteiger partial charge >= 0.3 is 0 Å². The third-order valence-electron chi connectivity index (χ3n) is 4.83. The van der Waals surface area contributed by atoms with Crippen molar-refractivity contribution in [3.63, 3.8) is 0 Å². The number of benzene rings is 3. The van der Waals surface area contributed by atoms with Crippen LogP contribution in [0.2, 0.25) is 0 Å². The lowest BCUT2D eigenvalue weighted by atomic mass is 10.1. The van der Waals surface area contributed by atoms with Gasteiger partial charge in [-0.15, -0.1) is 0 Å². The molecule has 0 unspecified atom stereocenters. The second-order valence-electron chi connectivity index (χ2n) is 7.05. The summed E-state index contributed by atoms with van der Waals surface area (Å²) < 4.78 is 0. The molecule has 0 aliphatic rings. The highest BCUT2D eigenvalue weighted by atomic mass is 32.2. The highest BCUT2D eigenvalue weighted by Crippen LogP contribution is 2.30. The maximum Gasteiger partial charge on any atom is 0.252 e. The largest absolute Gasteiger partial charge is 0.345 e. The first-order chi connectivity index (χ1) is 14.1. The molecular weight excluding hydrogens is 376 g/mol. The monoisotopic (exact) mass is 398 g/mol. The molecule has 4 rings (SSSR count). The number of hydrogen-bond acceptors (Lipinski definition) is 3. The van der Waals surface area contributed by atoms with Crippen LogP contribution < -0.4 is 5.32 Å². The van der Waals surface area contributed by atoms with E-state index in [-0.39, 0.29) is 11.9 Å². The first-order valence-electron chi connectivity index (χ1n) is 9.60. The SMILES string of the molecule is Cc1ccc(Sc2cc(C(=O)N[C@H](C)c3ccccc3)c3ccccc3n2)cc1. The van der Waals surface area contributed by atoms with E-state index in [0.29, 0.717) is 5.56 Å². The van der Waals surface area contributed by atoms with Crippen molar-refractivity contribution >= 4 is 28.6 Å². The van der Waals surface area contributed by atoms with Gasteiger partial charge in [0.1, 0.15) is 5.03 Å². The van der Waals surface area contributed by atoms with Crippen molar-refractivity contribution in [2.24, 2.45) is 0 Å². The van der Waals surface area contributed by atoms with E-state index < -0.39 is 0 Å². The van der Waals surface area contributed by atoms with Crippen LogP contribution in [0, 0.1) is 6.92 Å². The molecule has 1 atom stereocenters. The molecule has 0 radical (unpaired) electrons. The van der Waals surface area contributed by atoms with Crippen molar-refractivity contribution in [3.05, 3.63) is 102 Å². The van der Waals surface area contributed by atoms with Gasteiger partial charge in [0.25, 0.3) is 5.91 Å². The molecule has 1 N–H and O–H groups in total. The van der Waals surface area contributed by atoms with E-state index in [2.05, 4.69) is 36.5 Å². The second-order valence-corrected chi connectivity index (χ2v) is 8.14. The lowest BCUT2D eigenvalue weighted by Crippen LogP contribution is -2.27. The third kappa shape index (κ3) is 4.49. The van der Waals surface area contributed by atoms with Gasteiger partial charge < -0.3 is 5.32 Å². The standard InChI is InChI=1S/C25H22N2OS/c1-17-12-14-20(15-13-17)29-24-16-22(21-10-6-7-11-23(21)27-24)25(28)26-18(2)19-8-4-3-5-9-19/h3-16,18H,1-2H3,(H,26,28)/t18-/m1/s1. The summed E-state index contributed by atoms with van der Waals surface area (Å²) in [6, 6.07) is 27.9. The van der Waals surface area contributed by atoms with E-state index in [1.807, 2.05) is 67.6 Å². The predicted octanol–water partition coefficient (Wildman–Crippen LogP) is 6.19. The van der Waals surface area contributed by atoms with E-state index in [1.54, 1.807) is 11.8 Å². The van der Waals surface area contributed by atoms with Crippen molar-refractivity contribution in [1.82, 2.24) is 10.3 Å². The van der Waals surface area contributed by atoms with Gasteiger partial charge in [-0.3, -0.25) is 4.79 Å². The molecule has 0 bridgehead atoms. The minimum atomic E-state index is -0.0919. The fourth-order valence-electron chi connectivity index (χ4n) is 3.22. The number of carbonyl (C=O) groups excluding carboxylic acids is 1. The molecule has 3 aromatic carbocycles. The zero-order valence-electron chi connectivity index (χ0n) is 16.4. The van der Waals surface area contributed by atoms with Crippen LogP contribution in [-0.4, -0.2) is 10.9 Å². The maximum atomic E-state index is 13.1. The van der Waals surface area contributed by atoms with E-state index in [1.165, 1.54) is 5.56 Å². The summed E-state index contributed by atoms with van der Waals surface area (Å²) in [5.41, 5.74) is 3.76. The molecule has 0 aliphatic carbocycles. The summed E-state index contributed by atoms with van der Waals surface area (Å²) in [5.74, 6) is -0.0919. The Morgan fingerprint density at radius 1 is 0.931 bits per heavy atom. The number of carbonyl (C=O) groups is 1. The Kier molecular flexibility index (Phi) is 5.63. The Hall–Kier alpha value is -3.11. The molecule has 0 saturated carbocycles. The Morgan fingerprint density at radius 2 is 1.62 bits per heavy atom. The Bertz CT molecular complexity index is 1140. The van der Waals surface area contributed by atoms with Crippen molar-refractivity contribution in [2.75, 3.05) is 0 Å². The van der Waals surface area contributed by atoms with Crippen molar-refractivity contribution < 1.29 is 4.79 Å². The molecule has 1 amide bonds. The van der Waals surface area contributed by atoms with E-state index in [9.17, 15) is 4.79 Å². The average molecular weight is 399 g/mol. The van der Waals surface area contributed by atoms with E-state index in [4.69, 9.17) is 4.98 Å². The van der Waals surface area contributed by atoms with Crippen LogP contribution in [0.5, 0.6) is 0 Å². The lowest BCUT2D eigenvalue weighted by Gasteiger charge is -2.16. The molecule has 1 heterocycles. The third-order valence-corrected chi connectivity index (χ3v) is 5.75. The number of hydrogen-bond donors (Lipinski definition) is 1. The number of pyridine rings is 1. The molecule has 0 saturated heterocycles. The highest BCUT2D eigenvalue weighted by Gasteiger charge is 2.16. The lowest BCUT2D eigenvalue weighted by molar-refractivity contribution is 0.0941. The highest BCUT2D eigenvalue weighted by molar-refractivity contribution is 7.99. The van der Waals surface area contributed by atoms with Crippen LogP contribution in [0.4, 0.5) is 0 Å². The number of nitrogens with one attached hydrogen (secondary N) is 1. The minimum Gasteiger partial charge on any atom is -0.345 e. The van der Waals surface area contributed by atoms with Crippen LogP contribution in [0.1, 0.15) is 34.5 Å². The van der Waals surface area contributed by atoms with Crippen LogP contribution in [0.3, 0.4) is 0 Å². The summed E-state index contributed by atoms with van der Waals surface area (Å²) in [4.78, 5) is 19.0. The summed E-state index contributed by atoms with van der Waals surface area (Å²) in [5, 5.41) is 4.80. The number of amides is 1. The number of aromatic nitrogens is 1. The molecular formula is C25H22N2OS. The zero-order chi connectivity index (χ0) is 20.2. The van der Waals surface area contributed by atoms with Crippen LogP contribution >= 0.6 is 11.8 Å². The molecule has 4 aromatic rings. The number of nitrogens with zero attached hydrogens (tertiary/aromatic N) is 1. The van der Waals surface area contributed by atoms with Gasteiger partial charge in [-0.25, -0.2) is 4.98 Å². The summed E-state index contributed by atoms with van der Waals surface area (Å²) >= 11 is 1.57. The van der Waals surface area contributed by atoms with E-state index in [0.717, 1.165) is 26.4 Å². The van der Waals surface area contributed by atoms with Gasteiger partial charge in [0.2, 0.25) is 0 Å². The van der Waals surface area contributed by atoms with E-state index >= 15 is 0 Å². The summed E-state index contributed by atoms with van der Waals surface area (Å²) in [7, 11) is 0. The number of rotatable bonds is 5. The molecule has 4 heteroatoms. The summed E-state index contributed by atoms with van der Waals surface area (Å²) in [6.07, 6.45) is 0. The first-order valence-corrected chi connectivity index (χ1v) is 10.4. The molecule has 0 aliphatic heterocycles. The van der Waals surface area contributed by atoms with Gasteiger partial charge in [-0.2, -0.15) is 0 Å². The normalized spacial score (nSPS) is 11.9. The first kappa shape index (κ1) is 19.2. The predicted molar refractivity (Wildman–Crippen MR) is 119 cm³/mol. The fourth-order valence-corrected chi connectivity index (χ4v) is 4.05. The Labute approximate surface area is 175 Å². The summed E-state index contributed by atoms with van der Waals surface area (Å²) in [6.45, 7) is 4.07. The topological polar surface area (TPSA) is 42.0 Å². The quantitative estimate of drug-likeness (QED) is 0.436. The van der Waals surface area contributed by atoms with Gasteiger partial charge in [0, 0.05) is 10.3 Å². The van der Waals surface area contributed by atoms with Gasteiger partial charge in [0.15, 0.2) is 0 Å². The van der Waals surface area contributed by atoms with Crippen LogP contribution in [0.25, 0.3) is 10.9 Å². The van der Waals surface area contributed by atoms with Gasteiger partial charge in [0.05, 0.1) is 17.1 Å². The molecule has 1 aromatic heterocycles. The average Bonchev–Trinajstić information content (AvgIpc) is 2.75. The molecule has 0 fully saturated rings. The van der Waals surface area contributed by atoms with Gasteiger partial charge in [-0.05, 0) is 43.7 Å². The fraction of sp³-hybridized carbons (Fsp3) is 0.120. The number of para-hydroxylation sites is 1. The van der Waals surface area contributed by atoms with Gasteiger partial charge in [-0.1, -0.05) is 78.0 Å². The zero-order valence-corrected chi connectivity index (χ0v) is 17.2. The smallest absolute Gasteiger partial charge is 0.252 e. The Balaban J connectivity index is 1.66. The Morgan fingerprint density at radius 3 is 2.38 bits per heavy atom. The number of aryl methyl sites for hydroxylation is 1. The van der Waals surface area contributed by atoms with Crippen LogP contribution in [-0.2, 0) is 0 Å². The van der Waals surface area contributed by atoms with Crippen molar-refractivity contribution in [1.29, 1.82) is 0 Å². The maximum absolute atomic E-state index is 13.1. The second kappa shape index (κ2) is 8.50.